The highest BCUT2D eigenvalue weighted by molar-refractivity contribution is 8.00. The molecule has 2 aromatic carbocycles. The number of hydrogen-bond acceptors (Lipinski definition) is 4. The van der Waals surface area contributed by atoms with Crippen molar-refractivity contribution in [2.45, 2.75) is 18.7 Å². The van der Waals surface area contributed by atoms with Crippen LogP contribution in [-0.2, 0) is 4.79 Å². The summed E-state index contributed by atoms with van der Waals surface area (Å²) >= 11 is 7.35. The van der Waals surface area contributed by atoms with Gasteiger partial charge >= 0.3 is 0 Å². The lowest BCUT2D eigenvalue weighted by Crippen LogP contribution is -2.42. The molecule has 0 aliphatic carbocycles. The molecule has 6 nitrogen and oxygen atoms in total. The summed E-state index contributed by atoms with van der Waals surface area (Å²) in [5.74, 6) is -0.643. The predicted molar refractivity (Wildman–Crippen MR) is 111 cm³/mol. The van der Waals surface area contributed by atoms with Gasteiger partial charge in [-0.1, -0.05) is 41.9 Å². The zero-order chi connectivity index (χ0) is 20.1. The fourth-order valence-electron chi connectivity index (χ4n) is 2.67. The first kappa shape index (κ1) is 20.0. The van der Waals surface area contributed by atoms with Gasteiger partial charge in [0.15, 0.2) is 0 Å². The molecule has 0 unspecified atom stereocenters. The Morgan fingerprint density at radius 2 is 1.71 bits per heavy atom. The van der Waals surface area contributed by atoms with E-state index in [-0.39, 0.29) is 11.7 Å². The first-order valence-electron chi connectivity index (χ1n) is 8.55. The third-order valence-corrected chi connectivity index (χ3v) is 5.62. The molecule has 2 N–H and O–H groups in total. The molecule has 0 saturated carbocycles. The van der Waals surface area contributed by atoms with Crippen LogP contribution in [0.1, 0.15) is 21.7 Å². The average Bonchev–Trinajstić information content (AvgIpc) is 2.99. The standard InChI is InChI=1S/C20H19ClN4O2S/c1-13-19(14(2)25(24-13)15-8-4-3-5-9-15)28-12-18(26)22-23-20(27)16-10-6-7-11-17(16)21/h3-11H,12H2,1-2H3,(H,22,26)(H,23,27). The number of amides is 2. The van der Waals surface area contributed by atoms with Crippen molar-refractivity contribution in [2.24, 2.45) is 0 Å². The molecule has 28 heavy (non-hydrogen) atoms. The van der Waals surface area contributed by atoms with Gasteiger partial charge in [0, 0.05) is 0 Å². The molecule has 0 aliphatic rings. The van der Waals surface area contributed by atoms with Crippen molar-refractivity contribution in [1.29, 1.82) is 0 Å². The van der Waals surface area contributed by atoms with Gasteiger partial charge in [-0.3, -0.25) is 20.4 Å². The van der Waals surface area contributed by atoms with Crippen molar-refractivity contribution in [3.8, 4) is 5.69 Å². The molecule has 144 valence electrons. The molecule has 0 bridgehead atoms. The minimum absolute atomic E-state index is 0.144. The number of hydrogen-bond donors (Lipinski definition) is 2. The van der Waals surface area contributed by atoms with Gasteiger partial charge in [-0.25, -0.2) is 4.68 Å². The maximum Gasteiger partial charge on any atom is 0.271 e. The van der Waals surface area contributed by atoms with Gasteiger partial charge in [-0.2, -0.15) is 5.10 Å². The average molecular weight is 415 g/mol. The number of nitrogens with zero attached hydrogens (tertiary/aromatic N) is 2. The Morgan fingerprint density at radius 3 is 2.43 bits per heavy atom. The molecule has 0 aliphatic heterocycles. The molecular weight excluding hydrogens is 396 g/mol. The van der Waals surface area contributed by atoms with Gasteiger partial charge < -0.3 is 0 Å². The molecule has 2 amide bonds. The molecule has 3 aromatic rings. The van der Waals surface area contributed by atoms with E-state index in [0.29, 0.717) is 10.6 Å². The Kier molecular flexibility index (Phi) is 6.38. The fraction of sp³-hybridized carbons (Fsp3) is 0.150. The van der Waals surface area contributed by atoms with E-state index in [2.05, 4.69) is 16.0 Å². The zero-order valence-electron chi connectivity index (χ0n) is 15.4. The van der Waals surface area contributed by atoms with Gasteiger partial charge in [-0.05, 0) is 38.1 Å². The smallest absolute Gasteiger partial charge is 0.271 e. The van der Waals surface area contributed by atoms with Crippen LogP contribution in [0.2, 0.25) is 5.02 Å². The monoisotopic (exact) mass is 414 g/mol. The van der Waals surface area contributed by atoms with E-state index in [4.69, 9.17) is 11.6 Å². The highest BCUT2D eigenvalue weighted by atomic mass is 35.5. The Balaban J connectivity index is 1.59. The minimum Gasteiger partial charge on any atom is -0.272 e. The van der Waals surface area contributed by atoms with Crippen LogP contribution in [0.25, 0.3) is 5.69 Å². The summed E-state index contributed by atoms with van der Waals surface area (Å²) < 4.78 is 1.86. The normalized spacial score (nSPS) is 10.5. The second-order valence-electron chi connectivity index (χ2n) is 6.02. The highest BCUT2D eigenvalue weighted by Crippen LogP contribution is 2.27. The van der Waals surface area contributed by atoms with E-state index in [1.54, 1.807) is 24.3 Å². The number of rotatable bonds is 5. The van der Waals surface area contributed by atoms with Crippen molar-refractivity contribution in [3.05, 3.63) is 76.6 Å². The molecule has 0 radical (unpaired) electrons. The van der Waals surface area contributed by atoms with Crippen LogP contribution in [0.3, 0.4) is 0 Å². The molecule has 1 aromatic heterocycles. The van der Waals surface area contributed by atoms with E-state index >= 15 is 0 Å². The van der Waals surface area contributed by atoms with Crippen LogP contribution < -0.4 is 10.9 Å². The van der Waals surface area contributed by atoms with Crippen LogP contribution in [-0.4, -0.2) is 27.3 Å². The van der Waals surface area contributed by atoms with Gasteiger partial charge in [0.1, 0.15) is 0 Å². The van der Waals surface area contributed by atoms with E-state index in [1.165, 1.54) is 11.8 Å². The molecule has 8 heteroatoms. The van der Waals surface area contributed by atoms with Crippen LogP contribution in [0.15, 0.2) is 59.5 Å². The first-order valence-corrected chi connectivity index (χ1v) is 9.92. The lowest BCUT2D eigenvalue weighted by atomic mass is 10.2. The van der Waals surface area contributed by atoms with Crippen molar-refractivity contribution in [2.75, 3.05) is 5.75 Å². The molecule has 3 rings (SSSR count). The maximum atomic E-state index is 12.1. The quantitative estimate of drug-likeness (QED) is 0.493. The Labute approximate surface area is 172 Å². The Morgan fingerprint density at radius 1 is 1.04 bits per heavy atom. The topological polar surface area (TPSA) is 76.0 Å². The van der Waals surface area contributed by atoms with Gasteiger partial charge in [-0.15, -0.1) is 11.8 Å². The number of thioether (sulfide) groups is 1. The number of aryl methyl sites for hydroxylation is 1. The van der Waals surface area contributed by atoms with Gasteiger partial charge in [0.05, 0.1) is 38.3 Å². The fourth-order valence-corrected chi connectivity index (χ4v) is 3.79. The van der Waals surface area contributed by atoms with Gasteiger partial charge in [0.2, 0.25) is 5.91 Å². The maximum absolute atomic E-state index is 12.1. The number of nitrogens with one attached hydrogen (secondary N) is 2. The molecule has 0 saturated heterocycles. The number of hydrazine groups is 1. The van der Waals surface area contributed by atoms with E-state index in [9.17, 15) is 9.59 Å². The van der Waals surface area contributed by atoms with Crippen molar-refractivity contribution in [1.82, 2.24) is 20.6 Å². The third-order valence-electron chi connectivity index (χ3n) is 4.01. The van der Waals surface area contributed by atoms with Crippen LogP contribution in [0.5, 0.6) is 0 Å². The minimum atomic E-state index is -0.465. The Bertz CT molecular complexity index is 1000. The number of aromatic nitrogens is 2. The summed E-state index contributed by atoms with van der Waals surface area (Å²) in [7, 11) is 0. The van der Waals surface area contributed by atoms with Crippen molar-refractivity contribution < 1.29 is 9.59 Å². The molecule has 0 fully saturated rings. The second-order valence-corrected chi connectivity index (χ2v) is 7.41. The number of halogens is 1. The molecule has 0 spiro atoms. The van der Waals surface area contributed by atoms with E-state index in [0.717, 1.165) is 22.0 Å². The lowest BCUT2D eigenvalue weighted by molar-refractivity contribution is -0.119. The highest BCUT2D eigenvalue weighted by Gasteiger charge is 2.15. The van der Waals surface area contributed by atoms with Crippen molar-refractivity contribution in [3.63, 3.8) is 0 Å². The first-order chi connectivity index (χ1) is 13.5. The van der Waals surface area contributed by atoms with Crippen LogP contribution in [0, 0.1) is 13.8 Å². The summed E-state index contributed by atoms with van der Waals surface area (Å²) in [5, 5.41) is 4.88. The van der Waals surface area contributed by atoms with E-state index in [1.807, 2.05) is 48.9 Å². The molecule has 1 heterocycles. The van der Waals surface area contributed by atoms with Crippen molar-refractivity contribution >= 4 is 35.2 Å². The molecular formula is C20H19ClN4O2S. The Hall–Kier alpha value is -2.77. The largest absolute Gasteiger partial charge is 0.272 e. The number of carbonyl (C=O) groups is 2. The lowest BCUT2D eigenvalue weighted by Gasteiger charge is -2.08. The predicted octanol–water partition coefficient (Wildman–Crippen LogP) is 3.70. The zero-order valence-corrected chi connectivity index (χ0v) is 17.0. The number of carbonyl (C=O) groups excluding carboxylic acids is 2. The van der Waals surface area contributed by atoms with Crippen LogP contribution >= 0.6 is 23.4 Å². The van der Waals surface area contributed by atoms with Gasteiger partial charge in [0.25, 0.3) is 5.91 Å². The summed E-state index contributed by atoms with van der Waals surface area (Å²) in [5.41, 5.74) is 7.86. The third kappa shape index (κ3) is 4.55. The van der Waals surface area contributed by atoms with Crippen LogP contribution in [0.4, 0.5) is 0 Å². The SMILES string of the molecule is Cc1nn(-c2ccccc2)c(C)c1SCC(=O)NNC(=O)c1ccccc1Cl. The summed E-state index contributed by atoms with van der Waals surface area (Å²) in [6.45, 7) is 3.87. The number of para-hydroxylation sites is 1. The van der Waals surface area contributed by atoms with E-state index < -0.39 is 5.91 Å². The summed E-state index contributed by atoms with van der Waals surface area (Å²) in [6, 6.07) is 16.4. The number of benzene rings is 2. The summed E-state index contributed by atoms with van der Waals surface area (Å²) in [6.07, 6.45) is 0. The second kappa shape index (κ2) is 8.95. The summed E-state index contributed by atoms with van der Waals surface area (Å²) in [4.78, 5) is 25.2. The molecule has 0 atom stereocenters.